The lowest BCUT2D eigenvalue weighted by Gasteiger charge is -2.21. The molecule has 0 radical (unpaired) electrons. The van der Waals surface area contributed by atoms with E-state index in [-0.39, 0.29) is 17.6 Å². The smallest absolute Gasteiger partial charge is 0.336 e. The Hall–Kier alpha value is -3.06. The summed E-state index contributed by atoms with van der Waals surface area (Å²) in [7, 11) is -1.08. The van der Waals surface area contributed by atoms with E-state index in [1.807, 2.05) is 33.7 Å². The molecular formula is C39H54O9S3. The molecular weight excluding hydrogens is 709 g/mol. The van der Waals surface area contributed by atoms with Gasteiger partial charge in [-0.05, 0) is 83.3 Å². The number of carbonyl (C=O) groups excluding carboxylic acids is 3. The number of allylic oxidation sites excluding steroid dienone is 10. The molecule has 9 nitrogen and oxygen atoms in total. The second-order valence-electron chi connectivity index (χ2n) is 12.3. The molecule has 1 aliphatic rings. The van der Waals surface area contributed by atoms with Crippen molar-refractivity contribution in [2.24, 2.45) is 0 Å². The van der Waals surface area contributed by atoms with Crippen LogP contribution in [0.2, 0.25) is 0 Å². The predicted molar refractivity (Wildman–Crippen MR) is 208 cm³/mol. The van der Waals surface area contributed by atoms with Gasteiger partial charge in [0.25, 0.3) is 0 Å². The number of unbranched alkanes of at least 4 members (excludes halogenated alkanes) is 2. The first-order valence-corrected chi connectivity index (χ1v) is 21.4. The second kappa shape index (κ2) is 25.8. The zero-order chi connectivity index (χ0) is 37.2. The third-order valence-corrected chi connectivity index (χ3v) is 12.2. The molecule has 1 aliphatic heterocycles. The quantitative estimate of drug-likeness (QED) is 0.0336. The van der Waals surface area contributed by atoms with E-state index >= 15 is 0 Å². The first kappa shape index (κ1) is 44.1. The van der Waals surface area contributed by atoms with Crippen LogP contribution in [-0.2, 0) is 33.4 Å². The van der Waals surface area contributed by atoms with E-state index in [0.717, 1.165) is 63.2 Å². The van der Waals surface area contributed by atoms with Crippen LogP contribution in [0.3, 0.4) is 0 Å². The summed E-state index contributed by atoms with van der Waals surface area (Å²) in [5.41, 5.74) is -0.448. The number of para-hydroxylation sites is 1. The summed E-state index contributed by atoms with van der Waals surface area (Å²) in [5.74, 6) is -0.501. The summed E-state index contributed by atoms with van der Waals surface area (Å²) in [5, 5.41) is 8.47. The molecule has 1 aromatic carbocycles. The van der Waals surface area contributed by atoms with Crippen LogP contribution in [-0.4, -0.2) is 60.4 Å². The van der Waals surface area contributed by atoms with Gasteiger partial charge in [0.05, 0.1) is 5.56 Å². The van der Waals surface area contributed by atoms with Gasteiger partial charge in [0.2, 0.25) is 0 Å². The van der Waals surface area contributed by atoms with Crippen molar-refractivity contribution in [3.8, 4) is 5.75 Å². The fourth-order valence-electron chi connectivity index (χ4n) is 4.77. The van der Waals surface area contributed by atoms with Crippen molar-refractivity contribution in [3.63, 3.8) is 0 Å². The Morgan fingerprint density at radius 2 is 1.45 bits per heavy atom. The van der Waals surface area contributed by atoms with Gasteiger partial charge in [-0.3, -0.25) is 18.6 Å². The van der Waals surface area contributed by atoms with Crippen LogP contribution in [0.1, 0.15) is 108 Å². The number of esters is 2. The zero-order valence-electron chi connectivity index (χ0n) is 29.9. The lowest BCUT2D eigenvalue weighted by Crippen LogP contribution is -2.32. The summed E-state index contributed by atoms with van der Waals surface area (Å²) in [6.07, 6.45) is 29.5. The van der Waals surface area contributed by atoms with Gasteiger partial charge in [0.1, 0.15) is 19.0 Å². The molecule has 2 atom stereocenters. The molecule has 1 saturated heterocycles. The summed E-state index contributed by atoms with van der Waals surface area (Å²) >= 11 is 0. The van der Waals surface area contributed by atoms with E-state index in [2.05, 4.69) is 62.5 Å². The number of ether oxygens (including phenoxy) is 2. The highest BCUT2D eigenvalue weighted by molar-refractivity contribution is 8.77. The number of phenolic OH excluding ortho intramolecular Hbond substituents is 1. The van der Waals surface area contributed by atoms with Crippen LogP contribution in [0.5, 0.6) is 5.75 Å². The molecule has 0 saturated carbocycles. The van der Waals surface area contributed by atoms with Gasteiger partial charge in [0, 0.05) is 23.3 Å². The van der Waals surface area contributed by atoms with E-state index in [4.69, 9.17) is 13.7 Å². The standard InChI is InChI=1S/C39H54O9S3/c1-3-4-5-6-7-8-9-10-11-12-13-14-15-16-17-18-19-27-37(42)48-33(31-46-36(41)26-22-23-28-39(2)29-30-49-50-39)32-47-51(44,45)38(43)34-24-20-21-25-35(34)40/h4-5,7-8,10-11,13-14,16-17,20-21,24-25,33,40H,3,6,9,12,15,18-19,22-23,26-32H2,1-2H3/t33-,39-/m1/s1. The molecule has 1 fully saturated rings. The van der Waals surface area contributed by atoms with Crippen LogP contribution in [0.15, 0.2) is 85.0 Å². The maximum atomic E-state index is 12.6. The summed E-state index contributed by atoms with van der Waals surface area (Å²) in [4.78, 5) is 37.6. The Bertz CT molecular complexity index is 1460. The molecule has 2 rings (SSSR count). The van der Waals surface area contributed by atoms with E-state index in [9.17, 15) is 27.9 Å². The Morgan fingerprint density at radius 3 is 2.06 bits per heavy atom. The number of hydrogen-bond donors (Lipinski definition) is 1. The van der Waals surface area contributed by atoms with Crippen molar-refractivity contribution in [1.29, 1.82) is 0 Å². The molecule has 12 heteroatoms. The molecule has 0 aliphatic carbocycles. The highest BCUT2D eigenvalue weighted by Crippen LogP contribution is 2.49. The van der Waals surface area contributed by atoms with Crippen LogP contribution in [0.4, 0.5) is 0 Å². The molecule has 1 heterocycles. The van der Waals surface area contributed by atoms with E-state index in [0.29, 0.717) is 19.3 Å². The fraction of sp³-hybridized carbons (Fsp3) is 0.513. The van der Waals surface area contributed by atoms with Gasteiger partial charge < -0.3 is 14.6 Å². The molecule has 282 valence electrons. The largest absolute Gasteiger partial charge is 0.507 e. The summed E-state index contributed by atoms with van der Waals surface area (Å²) in [6, 6.07) is 5.17. The number of carbonyl (C=O) groups is 3. The first-order valence-electron chi connectivity index (χ1n) is 17.7. The molecule has 1 N–H and O–H groups in total. The topological polar surface area (TPSA) is 133 Å². The molecule has 0 unspecified atom stereocenters. The molecule has 0 spiro atoms. The van der Waals surface area contributed by atoms with Crippen molar-refractivity contribution in [1.82, 2.24) is 0 Å². The third kappa shape index (κ3) is 19.9. The second-order valence-corrected chi connectivity index (χ2v) is 16.8. The third-order valence-electron chi connectivity index (χ3n) is 7.71. The number of aromatic hydroxyl groups is 1. The van der Waals surface area contributed by atoms with Crippen molar-refractivity contribution in [2.75, 3.05) is 19.0 Å². The average molecular weight is 763 g/mol. The van der Waals surface area contributed by atoms with Crippen LogP contribution < -0.4 is 0 Å². The fourth-order valence-corrected chi connectivity index (χ4v) is 8.95. The van der Waals surface area contributed by atoms with E-state index in [1.165, 1.54) is 18.2 Å². The minimum Gasteiger partial charge on any atom is -0.507 e. The van der Waals surface area contributed by atoms with Crippen molar-refractivity contribution in [3.05, 3.63) is 90.6 Å². The highest BCUT2D eigenvalue weighted by Gasteiger charge is 2.31. The number of benzene rings is 1. The maximum absolute atomic E-state index is 12.6. The summed E-state index contributed by atoms with van der Waals surface area (Å²) < 4.78 is 41.1. The maximum Gasteiger partial charge on any atom is 0.336 e. The van der Waals surface area contributed by atoms with Gasteiger partial charge in [-0.15, -0.1) is 0 Å². The van der Waals surface area contributed by atoms with Gasteiger partial charge in [0.15, 0.2) is 6.10 Å². The van der Waals surface area contributed by atoms with Gasteiger partial charge in [-0.25, -0.2) is 0 Å². The molecule has 1 aromatic rings. The average Bonchev–Trinajstić information content (AvgIpc) is 3.55. The number of phenols is 1. The molecule has 51 heavy (non-hydrogen) atoms. The molecule has 0 aromatic heterocycles. The molecule has 0 bridgehead atoms. The lowest BCUT2D eigenvalue weighted by molar-refractivity contribution is -0.160. The summed E-state index contributed by atoms with van der Waals surface area (Å²) in [6.45, 7) is 3.20. The Balaban J connectivity index is 1.78. The zero-order valence-corrected chi connectivity index (χ0v) is 32.4. The van der Waals surface area contributed by atoms with Gasteiger partial charge >= 0.3 is 27.2 Å². The minimum atomic E-state index is -4.84. The number of hydrogen-bond acceptors (Lipinski definition) is 11. The Kier molecular flexibility index (Phi) is 22.3. The van der Waals surface area contributed by atoms with Crippen LogP contribution >= 0.6 is 21.6 Å². The van der Waals surface area contributed by atoms with Crippen molar-refractivity contribution < 1.29 is 41.6 Å². The van der Waals surface area contributed by atoms with Crippen molar-refractivity contribution >= 4 is 48.8 Å². The monoisotopic (exact) mass is 762 g/mol. The van der Waals surface area contributed by atoms with E-state index in [1.54, 1.807) is 0 Å². The van der Waals surface area contributed by atoms with Gasteiger partial charge in [-0.1, -0.05) is 108 Å². The van der Waals surface area contributed by atoms with Gasteiger partial charge in [-0.2, -0.15) is 8.42 Å². The highest BCUT2D eigenvalue weighted by atomic mass is 33.1. The lowest BCUT2D eigenvalue weighted by atomic mass is 9.99. The minimum absolute atomic E-state index is 0.0530. The SMILES string of the molecule is CCC=CCC=CCC=CCC=CCC=CCCCC(=O)O[C@H](COC(=O)CCCC[C@]1(C)CCSS1)COS(=O)(=O)C(=O)c1ccccc1O. The number of rotatable bonds is 25. The van der Waals surface area contributed by atoms with E-state index < -0.39 is 57.8 Å². The normalized spacial score (nSPS) is 17.4. The van der Waals surface area contributed by atoms with Crippen LogP contribution in [0.25, 0.3) is 0 Å². The Morgan fingerprint density at radius 1 is 0.843 bits per heavy atom. The van der Waals surface area contributed by atoms with Crippen molar-refractivity contribution in [2.45, 2.75) is 108 Å². The van der Waals surface area contributed by atoms with Crippen LogP contribution in [0, 0.1) is 0 Å². The molecule has 0 amide bonds. The Labute approximate surface area is 312 Å². The first-order chi connectivity index (χ1) is 24.6. The predicted octanol–water partition coefficient (Wildman–Crippen LogP) is 9.36.